The number of hydrogen-bond acceptors (Lipinski definition) is 6. The maximum atomic E-state index is 4.92. The average Bonchev–Trinajstić information content (AvgIpc) is 2.61. The van der Waals surface area contributed by atoms with E-state index in [1.807, 2.05) is 0 Å². The Kier molecular flexibility index (Phi) is 4.33. The normalized spacial score (nSPS) is 17.2. The summed E-state index contributed by atoms with van der Waals surface area (Å²) in [5.74, 6) is 0.888. The van der Waals surface area contributed by atoms with Crippen molar-refractivity contribution in [2.24, 2.45) is 0 Å². The van der Waals surface area contributed by atoms with Crippen LogP contribution in [-0.2, 0) is 6.42 Å². The summed E-state index contributed by atoms with van der Waals surface area (Å²) < 4.78 is 0. The smallest absolute Gasteiger partial charge is 0.226 e. The molecule has 5 nitrogen and oxygen atoms in total. The van der Waals surface area contributed by atoms with Gasteiger partial charge in [-0.25, -0.2) is 9.97 Å². The van der Waals surface area contributed by atoms with Crippen LogP contribution < -0.4 is 10.2 Å². The van der Waals surface area contributed by atoms with Crippen LogP contribution >= 0.6 is 11.8 Å². The molecule has 24 heavy (non-hydrogen) atoms. The molecule has 6 heteroatoms. The Bertz CT molecular complexity index is 740. The molecular weight excluding hydrogens is 318 g/mol. The summed E-state index contributed by atoms with van der Waals surface area (Å²) in [6, 6.07) is 8.41. The third-order valence-electron chi connectivity index (χ3n) is 4.57. The molecule has 1 saturated heterocycles. The van der Waals surface area contributed by atoms with Crippen LogP contribution in [0.1, 0.15) is 19.0 Å². The van der Waals surface area contributed by atoms with E-state index in [-0.39, 0.29) is 0 Å². The van der Waals surface area contributed by atoms with Gasteiger partial charge < -0.3 is 15.1 Å². The summed E-state index contributed by atoms with van der Waals surface area (Å²) in [6.07, 6.45) is 2.06. The highest BCUT2D eigenvalue weighted by molar-refractivity contribution is 7.99. The maximum Gasteiger partial charge on any atom is 0.226 e. The van der Waals surface area contributed by atoms with E-state index in [1.54, 1.807) is 11.8 Å². The first kappa shape index (κ1) is 15.7. The minimum absolute atomic E-state index is 0.888. The van der Waals surface area contributed by atoms with Gasteiger partial charge in [0.15, 0.2) is 0 Å². The predicted octanol–water partition coefficient (Wildman–Crippen LogP) is 3.39. The van der Waals surface area contributed by atoms with Crippen molar-refractivity contribution in [2.45, 2.75) is 29.7 Å². The first-order valence-corrected chi connectivity index (χ1v) is 9.44. The molecule has 0 bridgehead atoms. The number of piperazine rings is 1. The molecule has 0 unspecified atom stereocenters. The molecule has 0 aliphatic carbocycles. The van der Waals surface area contributed by atoms with Gasteiger partial charge in [-0.2, -0.15) is 0 Å². The highest BCUT2D eigenvalue weighted by Gasteiger charge is 2.24. The first-order valence-electron chi connectivity index (χ1n) is 8.63. The van der Waals surface area contributed by atoms with E-state index in [2.05, 4.69) is 53.4 Å². The molecule has 3 heterocycles. The highest BCUT2D eigenvalue weighted by atomic mass is 32.2. The second-order valence-electron chi connectivity index (χ2n) is 6.41. The zero-order chi connectivity index (χ0) is 16.5. The van der Waals surface area contributed by atoms with Crippen molar-refractivity contribution < 1.29 is 0 Å². The van der Waals surface area contributed by atoms with E-state index in [0.717, 1.165) is 67.1 Å². The molecule has 0 spiro atoms. The summed E-state index contributed by atoms with van der Waals surface area (Å²) in [6.45, 7) is 6.33. The molecule has 0 saturated carbocycles. The standard InChI is InChI=1S/C18H23N5S/c1-3-6-14-16-17(24-15-8-5-4-7-13(15)19-16)21-18(20-14)23-11-9-22(2)10-12-23/h4-5,7-8,19H,3,6,9-12H2,1-2H3. The average molecular weight is 341 g/mol. The number of benzene rings is 1. The van der Waals surface area contributed by atoms with E-state index >= 15 is 0 Å². The predicted molar refractivity (Wildman–Crippen MR) is 99.6 cm³/mol. The fourth-order valence-electron chi connectivity index (χ4n) is 3.13. The molecule has 2 aromatic rings. The fraction of sp³-hybridized carbons (Fsp3) is 0.444. The summed E-state index contributed by atoms with van der Waals surface area (Å²) in [5, 5.41) is 4.62. The van der Waals surface area contributed by atoms with E-state index in [9.17, 15) is 0 Å². The van der Waals surface area contributed by atoms with E-state index in [0.29, 0.717) is 0 Å². The third-order valence-corrected chi connectivity index (χ3v) is 5.63. The van der Waals surface area contributed by atoms with Crippen LogP contribution in [0.25, 0.3) is 0 Å². The summed E-state index contributed by atoms with van der Waals surface area (Å²) in [4.78, 5) is 15.7. The zero-order valence-corrected chi connectivity index (χ0v) is 15.1. The number of hydrogen-bond donors (Lipinski definition) is 1. The van der Waals surface area contributed by atoms with Gasteiger partial charge in [0.2, 0.25) is 5.95 Å². The van der Waals surface area contributed by atoms with Gasteiger partial charge in [0.25, 0.3) is 0 Å². The van der Waals surface area contributed by atoms with Gasteiger partial charge in [0.1, 0.15) is 5.03 Å². The van der Waals surface area contributed by atoms with E-state index < -0.39 is 0 Å². The van der Waals surface area contributed by atoms with Crippen molar-refractivity contribution in [3.63, 3.8) is 0 Å². The fourth-order valence-corrected chi connectivity index (χ4v) is 4.12. The molecule has 0 atom stereocenters. The lowest BCUT2D eigenvalue weighted by molar-refractivity contribution is 0.311. The Balaban J connectivity index is 1.70. The summed E-state index contributed by atoms with van der Waals surface area (Å²) >= 11 is 1.75. The molecule has 4 rings (SSSR count). The first-order chi connectivity index (χ1) is 11.7. The topological polar surface area (TPSA) is 44.3 Å². The van der Waals surface area contributed by atoms with Crippen molar-refractivity contribution in [1.29, 1.82) is 0 Å². The number of rotatable bonds is 3. The quantitative estimate of drug-likeness (QED) is 0.737. The van der Waals surface area contributed by atoms with Crippen LogP contribution in [0.2, 0.25) is 0 Å². The second-order valence-corrected chi connectivity index (χ2v) is 7.44. The molecule has 1 fully saturated rings. The molecule has 0 radical (unpaired) electrons. The number of anilines is 3. The molecule has 126 valence electrons. The van der Waals surface area contributed by atoms with Gasteiger partial charge in [-0.1, -0.05) is 37.2 Å². The second kappa shape index (κ2) is 6.61. The Labute approximate surface area is 147 Å². The zero-order valence-electron chi connectivity index (χ0n) is 14.2. The van der Waals surface area contributed by atoms with Crippen molar-refractivity contribution in [3.05, 3.63) is 30.0 Å². The number of nitrogens with one attached hydrogen (secondary N) is 1. The van der Waals surface area contributed by atoms with E-state index in [1.165, 1.54) is 4.90 Å². The van der Waals surface area contributed by atoms with Gasteiger partial charge in [0.05, 0.1) is 17.1 Å². The summed E-state index contributed by atoms with van der Waals surface area (Å²) in [5.41, 5.74) is 3.39. The molecule has 0 amide bonds. The van der Waals surface area contributed by atoms with Crippen LogP contribution in [0.4, 0.5) is 17.3 Å². The van der Waals surface area contributed by atoms with Crippen molar-refractivity contribution in [2.75, 3.05) is 43.4 Å². The van der Waals surface area contributed by atoms with Crippen LogP contribution in [0.15, 0.2) is 34.2 Å². The lowest BCUT2D eigenvalue weighted by Gasteiger charge is -2.33. The number of aryl methyl sites for hydroxylation is 1. The Hall–Kier alpha value is -1.79. The number of nitrogens with zero attached hydrogens (tertiary/aromatic N) is 4. The lowest BCUT2D eigenvalue weighted by Crippen LogP contribution is -2.45. The van der Waals surface area contributed by atoms with Crippen molar-refractivity contribution >= 4 is 29.1 Å². The molecule has 2 aliphatic rings. The van der Waals surface area contributed by atoms with Crippen LogP contribution in [0.3, 0.4) is 0 Å². The number of aromatic nitrogens is 2. The third kappa shape index (κ3) is 2.96. The number of likely N-dealkylation sites (N-methyl/N-ethyl adjacent to an activating group) is 1. The Morgan fingerprint density at radius 1 is 1.12 bits per heavy atom. The molecule has 1 aromatic heterocycles. The Morgan fingerprint density at radius 2 is 1.92 bits per heavy atom. The van der Waals surface area contributed by atoms with Crippen LogP contribution in [0.5, 0.6) is 0 Å². The number of para-hydroxylation sites is 1. The van der Waals surface area contributed by atoms with Crippen molar-refractivity contribution in [1.82, 2.24) is 14.9 Å². The van der Waals surface area contributed by atoms with Gasteiger partial charge in [-0.05, 0) is 25.6 Å². The number of fused-ring (bicyclic) bond motifs is 2. The minimum Gasteiger partial charge on any atom is -0.351 e. The lowest BCUT2D eigenvalue weighted by atomic mass is 10.2. The Morgan fingerprint density at radius 3 is 2.71 bits per heavy atom. The SMILES string of the molecule is CCCc1nc(N2CCN(C)CC2)nc2c1Nc1ccccc1S2. The van der Waals surface area contributed by atoms with E-state index in [4.69, 9.17) is 9.97 Å². The minimum atomic E-state index is 0.888. The van der Waals surface area contributed by atoms with Crippen LogP contribution in [0, 0.1) is 0 Å². The van der Waals surface area contributed by atoms with Gasteiger partial charge in [-0.3, -0.25) is 0 Å². The van der Waals surface area contributed by atoms with Gasteiger partial charge in [-0.15, -0.1) is 0 Å². The highest BCUT2D eigenvalue weighted by Crippen LogP contribution is 2.44. The van der Waals surface area contributed by atoms with Gasteiger partial charge >= 0.3 is 0 Å². The molecule has 1 aromatic carbocycles. The summed E-state index contributed by atoms with van der Waals surface area (Å²) in [7, 11) is 2.17. The monoisotopic (exact) mass is 341 g/mol. The molecule has 2 aliphatic heterocycles. The van der Waals surface area contributed by atoms with Crippen LogP contribution in [-0.4, -0.2) is 48.1 Å². The maximum absolute atomic E-state index is 4.92. The van der Waals surface area contributed by atoms with Crippen molar-refractivity contribution in [3.8, 4) is 0 Å². The largest absolute Gasteiger partial charge is 0.351 e. The molecular formula is C18H23N5S. The molecule has 1 N–H and O–H groups in total. The van der Waals surface area contributed by atoms with Gasteiger partial charge in [0, 0.05) is 31.1 Å².